The second-order valence-corrected chi connectivity index (χ2v) is 7.43. The number of carbonyl (C=O) groups is 1. The van der Waals surface area contributed by atoms with Crippen LogP contribution < -0.4 is 0 Å². The maximum absolute atomic E-state index is 12.1. The van der Waals surface area contributed by atoms with E-state index in [-0.39, 0.29) is 36.8 Å². The van der Waals surface area contributed by atoms with Gasteiger partial charge >= 0.3 is 0 Å². The van der Waals surface area contributed by atoms with E-state index in [9.17, 15) is 20.1 Å². The first-order chi connectivity index (χ1) is 12.0. The first-order valence-electron chi connectivity index (χ1n) is 9.81. The largest absolute Gasteiger partial charge is 0.396 e. The molecule has 5 heteroatoms. The van der Waals surface area contributed by atoms with Crippen LogP contribution in [0.5, 0.6) is 0 Å². The fourth-order valence-corrected chi connectivity index (χ4v) is 3.57. The molecule has 0 unspecified atom stereocenters. The Hall–Kier alpha value is -0.750. The van der Waals surface area contributed by atoms with E-state index in [1.807, 2.05) is 6.08 Å². The van der Waals surface area contributed by atoms with Crippen molar-refractivity contribution < 1.29 is 25.2 Å². The Labute approximate surface area is 151 Å². The minimum absolute atomic E-state index is 0.126. The highest BCUT2D eigenvalue weighted by Crippen LogP contribution is 2.34. The highest BCUT2D eigenvalue weighted by atomic mass is 16.3. The normalized spacial score (nSPS) is 26.4. The van der Waals surface area contributed by atoms with Crippen LogP contribution in [0.2, 0.25) is 0 Å². The molecule has 0 saturated heterocycles. The SMILES string of the molecule is C[C@@H](O)CCC[C@H](O)/C=C/[C@H]1[C@H](O)CC(=O)[C@@H]1CCCCCCCO. The Kier molecular flexibility index (Phi) is 11.2. The average Bonchev–Trinajstić information content (AvgIpc) is 2.81. The molecule has 1 rings (SSSR count). The summed E-state index contributed by atoms with van der Waals surface area (Å²) in [7, 11) is 0. The summed E-state index contributed by atoms with van der Waals surface area (Å²) in [4.78, 5) is 12.1. The lowest BCUT2D eigenvalue weighted by Crippen LogP contribution is -2.19. The summed E-state index contributed by atoms with van der Waals surface area (Å²) in [5.74, 6) is -0.216. The second-order valence-electron chi connectivity index (χ2n) is 7.43. The van der Waals surface area contributed by atoms with Gasteiger partial charge in [-0.05, 0) is 39.0 Å². The smallest absolute Gasteiger partial charge is 0.139 e. The van der Waals surface area contributed by atoms with E-state index < -0.39 is 12.2 Å². The number of aliphatic hydroxyl groups excluding tert-OH is 4. The Bertz CT molecular complexity index is 394. The standard InChI is InChI=1S/C20H36O5/c1-15(22)8-7-9-16(23)11-12-18-17(19(24)14-20(18)25)10-5-3-2-4-6-13-21/h11-12,15-18,20-23,25H,2-10,13-14H2,1H3/b12-11+/t15-,16+,17-,18-,20-/m1/s1. The summed E-state index contributed by atoms with van der Waals surface area (Å²) >= 11 is 0. The first-order valence-corrected chi connectivity index (χ1v) is 9.81. The van der Waals surface area contributed by atoms with Crippen LogP contribution in [-0.2, 0) is 4.79 Å². The number of aliphatic hydroxyl groups is 4. The molecule has 0 aromatic carbocycles. The molecular formula is C20H36O5. The molecule has 146 valence electrons. The lowest BCUT2D eigenvalue weighted by atomic mass is 9.88. The van der Waals surface area contributed by atoms with Gasteiger partial charge in [0.25, 0.3) is 0 Å². The van der Waals surface area contributed by atoms with Crippen LogP contribution in [0, 0.1) is 11.8 Å². The monoisotopic (exact) mass is 356 g/mol. The third-order valence-corrected chi connectivity index (χ3v) is 5.08. The zero-order valence-electron chi connectivity index (χ0n) is 15.5. The van der Waals surface area contributed by atoms with Crippen LogP contribution >= 0.6 is 0 Å². The van der Waals surface area contributed by atoms with Gasteiger partial charge in [0.1, 0.15) is 5.78 Å². The van der Waals surface area contributed by atoms with Crippen molar-refractivity contribution in [1.82, 2.24) is 0 Å². The van der Waals surface area contributed by atoms with Gasteiger partial charge in [-0.1, -0.05) is 37.8 Å². The summed E-state index contributed by atoms with van der Waals surface area (Å²) in [5, 5.41) is 38.2. The zero-order valence-corrected chi connectivity index (χ0v) is 15.5. The molecule has 0 heterocycles. The van der Waals surface area contributed by atoms with Gasteiger partial charge in [-0.15, -0.1) is 0 Å². The number of ketones is 1. The lowest BCUT2D eigenvalue weighted by Gasteiger charge is -2.18. The summed E-state index contributed by atoms with van der Waals surface area (Å²) < 4.78 is 0. The molecule has 1 aliphatic carbocycles. The molecule has 0 aromatic rings. The molecule has 0 bridgehead atoms. The van der Waals surface area contributed by atoms with E-state index in [1.165, 1.54) is 0 Å². The van der Waals surface area contributed by atoms with Crippen LogP contribution in [0.25, 0.3) is 0 Å². The number of rotatable bonds is 13. The molecule has 0 radical (unpaired) electrons. The van der Waals surface area contributed by atoms with Gasteiger partial charge in [-0.25, -0.2) is 0 Å². The number of hydrogen-bond donors (Lipinski definition) is 4. The van der Waals surface area contributed by atoms with Gasteiger partial charge < -0.3 is 20.4 Å². The predicted molar refractivity (Wildman–Crippen MR) is 98.1 cm³/mol. The first kappa shape index (κ1) is 22.3. The third kappa shape index (κ3) is 8.95. The Morgan fingerprint density at radius 3 is 2.44 bits per heavy atom. The van der Waals surface area contributed by atoms with Crippen molar-refractivity contribution in [2.45, 2.75) is 89.4 Å². The fourth-order valence-electron chi connectivity index (χ4n) is 3.57. The van der Waals surface area contributed by atoms with E-state index >= 15 is 0 Å². The van der Waals surface area contributed by atoms with Gasteiger partial charge in [0.15, 0.2) is 0 Å². The lowest BCUT2D eigenvalue weighted by molar-refractivity contribution is -0.121. The summed E-state index contributed by atoms with van der Waals surface area (Å²) in [6.45, 7) is 1.97. The minimum atomic E-state index is -0.646. The van der Waals surface area contributed by atoms with E-state index in [0.717, 1.165) is 44.9 Å². The maximum atomic E-state index is 12.1. The van der Waals surface area contributed by atoms with Gasteiger partial charge in [0.05, 0.1) is 18.3 Å². The Morgan fingerprint density at radius 2 is 1.76 bits per heavy atom. The van der Waals surface area contributed by atoms with E-state index in [4.69, 9.17) is 5.11 Å². The van der Waals surface area contributed by atoms with Crippen molar-refractivity contribution in [2.24, 2.45) is 11.8 Å². The van der Waals surface area contributed by atoms with Gasteiger partial charge in [-0.2, -0.15) is 0 Å². The molecule has 4 N–H and O–H groups in total. The fraction of sp³-hybridized carbons (Fsp3) is 0.850. The van der Waals surface area contributed by atoms with Crippen LogP contribution in [0.4, 0.5) is 0 Å². The zero-order chi connectivity index (χ0) is 18.7. The summed E-state index contributed by atoms with van der Waals surface area (Å²) in [6, 6.07) is 0. The van der Waals surface area contributed by atoms with E-state index in [0.29, 0.717) is 12.8 Å². The number of unbranched alkanes of at least 4 members (excludes halogenated alkanes) is 4. The third-order valence-electron chi connectivity index (χ3n) is 5.08. The van der Waals surface area contributed by atoms with Crippen LogP contribution in [0.1, 0.15) is 71.1 Å². The number of Topliss-reactive ketones (excluding diaryl/α,β-unsaturated/α-hetero) is 1. The van der Waals surface area contributed by atoms with E-state index in [1.54, 1.807) is 13.0 Å². The van der Waals surface area contributed by atoms with Gasteiger partial charge in [-0.3, -0.25) is 4.79 Å². The van der Waals surface area contributed by atoms with Crippen molar-refractivity contribution in [3.8, 4) is 0 Å². The highest BCUT2D eigenvalue weighted by molar-refractivity contribution is 5.84. The predicted octanol–water partition coefficient (Wildman–Crippen LogP) is 2.35. The number of carbonyl (C=O) groups excluding carboxylic acids is 1. The van der Waals surface area contributed by atoms with Crippen molar-refractivity contribution in [3.63, 3.8) is 0 Å². The quantitative estimate of drug-likeness (QED) is 0.300. The van der Waals surface area contributed by atoms with Crippen LogP contribution in [0.3, 0.4) is 0 Å². The average molecular weight is 357 g/mol. The molecule has 0 aromatic heterocycles. The molecular weight excluding hydrogens is 320 g/mol. The van der Waals surface area contributed by atoms with Gasteiger partial charge in [0.2, 0.25) is 0 Å². The molecule has 1 fully saturated rings. The topological polar surface area (TPSA) is 98.0 Å². The highest BCUT2D eigenvalue weighted by Gasteiger charge is 2.39. The Morgan fingerprint density at radius 1 is 1.08 bits per heavy atom. The molecule has 5 atom stereocenters. The van der Waals surface area contributed by atoms with Crippen molar-refractivity contribution in [3.05, 3.63) is 12.2 Å². The molecule has 0 aliphatic heterocycles. The van der Waals surface area contributed by atoms with Crippen molar-refractivity contribution in [2.75, 3.05) is 6.61 Å². The molecule has 1 aliphatic rings. The maximum Gasteiger partial charge on any atom is 0.139 e. The van der Waals surface area contributed by atoms with Crippen molar-refractivity contribution in [1.29, 1.82) is 0 Å². The Balaban J connectivity index is 2.40. The second kappa shape index (κ2) is 12.6. The van der Waals surface area contributed by atoms with Crippen LogP contribution in [0.15, 0.2) is 12.2 Å². The molecule has 1 saturated carbocycles. The van der Waals surface area contributed by atoms with Crippen molar-refractivity contribution >= 4 is 5.78 Å². The summed E-state index contributed by atoms with van der Waals surface area (Å²) in [6.07, 6.45) is 9.79. The summed E-state index contributed by atoms with van der Waals surface area (Å²) in [5.41, 5.74) is 0. The minimum Gasteiger partial charge on any atom is -0.396 e. The molecule has 0 spiro atoms. The molecule has 0 amide bonds. The number of hydrogen-bond acceptors (Lipinski definition) is 5. The molecule has 5 nitrogen and oxygen atoms in total. The molecule has 25 heavy (non-hydrogen) atoms. The van der Waals surface area contributed by atoms with Gasteiger partial charge in [0, 0.05) is 24.9 Å². The van der Waals surface area contributed by atoms with E-state index in [2.05, 4.69) is 0 Å². The van der Waals surface area contributed by atoms with Crippen LogP contribution in [-0.4, -0.2) is 51.1 Å².